The van der Waals surface area contributed by atoms with Crippen molar-refractivity contribution in [2.45, 2.75) is 25.5 Å². The quantitative estimate of drug-likeness (QED) is 0.519. The van der Waals surface area contributed by atoms with Crippen LogP contribution in [0.1, 0.15) is 28.7 Å². The van der Waals surface area contributed by atoms with Gasteiger partial charge in [-0.05, 0) is 60.0 Å². The van der Waals surface area contributed by atoms with Gasteiger partial charge in [-0.1, -0.05) is 48.0 Å². The number of rotatable bonds is 6. The lowest BCUT2D eigenvalue weighted by Gasteiger charge is -2.23. The van der Waals surface area contributed by atoms with E-state index in [0.717, 1.165) is 16.7 Å². The molecule has 0 aliphatic carbocycles. The average Bonchev–Trinajstić information content (AvgIpc) is 3.36. The second kappa shape index (κ2) is 8.63. The first-order valence-electron chi connectivity index (χ1n) is 10.8. The minimum atomic E-state index is -2.00. The van der Waals surface area contributed by atoms with Crippen molar-refractivity contribution in [1.29, 1.82) is 0 Å². The van der Waals surface area contributed by atoms with Gasteiger partial charge in [0.1, 0.15) is 0 Å². The Labute approximate surface area is 202 Å². The number of allylic oxidation sites excluding steroid dienone is 1. The molecule has 0 saturated heterocycles. The zero-order chi connectivity index (χ0) is 23.9. The highest BCUT2D eigenvalue weighted by atomic mass is 35.5. The molecule has 1 N–H and O–H groups in total. The van der Waals surface area contributed by atoms with E-state index in [4.69, 9.17) is 21.1 Å². The normalized spacial score (nSPS) is 18.6. The van der Waals surface area contributed by atoms with Crippen molar-refractivity contribution in [2.24, 2.45) is 0 Å². The Morgan fingerprint density at radius 3 is 2.74 bits per heavy atom. The Morgan fingerprint density at radius 1 is 1.12 bits per heavy atom. The number of carbonyl (C=O) groups excluding carboxylic acids is 2. The van der Waals surface area contributed by atoms with Crippen LogP contribution in [0.3, 0.4) is 0 Å². The van der Waals surface area contributed by atoms with Crippen molar-refractivity contribution in [3.63, 3.8) is 0 Å². The first kappa shape index (κ1) is 22.2. The lowest BCUT2D eigenvalue weighted by Crippen LogP contribution is -2.41. The second-order valence-electron chi connectivity index (χ2n) is 8.43. The van der Waals surface area contributed by atoms with Crippen molar-refractivity contribution in [3.05, 3.63) is 94.0 Å². The summed E-state index contributed by atoms with van der Waals surface area (Å²) in [6.45, 7) is 2.41. The zero-order valence-corrected chi connectivity index (χ0v) is 19.2. The molecule has 3 aromatic rings. The van der Waals surface area contributed by atoms with Crippen molar-refractivity contribution >= 4 is 35.1 Å². The number of carbonyl (C=O) groups is 2. The molecule has 2 aliphatic heterocycles. The Morgan fingerprint density at radius 2 is 1.91 bits per heavy atom. The summed E-state index contributed by atoms with van der Waals surface area (Å²) in [5.41, 5.74) is 1.61. The Hall–Kier alpha value is -3.61. The van der Waals surface area contributed by atoms with E-state index < -0.39 is 23.7 Å². The van der Waals surface area contributed by atoms with Gasteiger partial charge in [-0.3, -0.25) is 9.59 Å². The summed E-state index contributed by atoms with van der Waals surface area (Å²) in [7, 11) is 0. The Kier molecular flexibility index (Phi) is 5.63. The van der Waals surface area contributed by atoms with Gasteiger partial charge in [0.05, 0.1) is 18.7 Å². The Balaban J connectivity index is 1.41. The minimum Gasteiger partial charge on any atom is -0.454 e. The summed E-state index contributed by atoms with van der Waals surface area (Å²) in [6.07, 6.45) is 2.58. The highest BCUT2D eigenvalue weighted by Gasteiger charge is 2.50. The predicted molar refractivity (Wildman–Crippen MR) is 129 cm³/mol. The number of fused-ring (bicyclic) bond motifs is 2. The molecular formula is C27H22ClNO5. The molecule has 34 heavy (non-hydrogen) atoms. The van der Waals surface area contributed by atoms with E-state index in [1.165, 1.54) is 11.0 Å². The number of anilines is 1. The first-order chi connectivity index (χ1) is 16.3. The second-order valence-corrected chi connectivity index (χ2v) is 8.87. The number of aryl methyl sites for hydroxylation is 1. The number of hydrogen-bond donors (Lipinski definition) is 1. The molecule has 2 heterocycles. The molecule has 0 bridgehead atoms. The molecule has 7 heteroatoms. The topological polar surface area (TPSA) is 76.1 Å². The van der Waals surface area contributed by atoms with Gasteiger partial charge in [0.2, 0.25) is 6.79 Å². The van der Waals surface area contributed by atoms with Crippen molar-refractivity contribution in [3.8, 4) is 11.5 Å². The van der Waals surface area contributed by atoms with Gasteiger partial charge in [-0.2, -0.15) is 0 Å². The largest absolute Gasteiger partial charge is 0.454 e. The van der Waals surface area contributed by atoms with Gasteiger partial charge in [0.25, 0.3) is 5.91 Å². The van der Waals surface area contributed by atoms with Crippen LogP contribution in [0.15, 0.2) is 66.7 Å². The maximum Gasteiger partial charge on any atom is 0.264 e. The van der Waals surface area contributed by atoms with Gasteiger partial charge in [-0.25, -0.2) is 0 Å². The van der Waals surface area contributed by atoms with Crippen LogP contribution in [0, 0.1) is 6.92 Å². The van der Waals surface area contributed by atoms with Crippen LogP contribution in [0.5, 0.6) is 11.5 Å². The summed E-state index contributed by atoms with van der Waals surface area (Å²) >= 11 is 6.19. The van der Waals surface area contributed by atoms with E-state index in [-0.39, 0.29) is 13.3 Å². The third-order valence-corrected chi connectivity index (χ3v) is 6.41. The predicted octanol–water partition coefficient (Wildman–Crippen LogP) is 4.78. The fourth-order valence-corrected chi connectivity index (χ4v) is 4.50. The molecule has 3 aromatic carbocycles. The number of ketones is 1. The fourth-order valence-electron chi connectivity index (χ4n) is 4.33. The maximum atomic E-state index is 13.5. The van der Waals surface area contributed by atoms with Crippen molar-refractivity contribution in [1.82, 2.24) is 0 Å². The SMILES string of the molecule is Cc1ccccc1CN1C(=O)[C@@](O)(CC(=O)/C=C/c2ccc3c(c2)OCO3)c2cc(Cl)ccc21. The number of aliphatic hydroxyl groups is 1. The van der Waals surface area contributed by atoms with Crippen LogP contribution in [0.4, 0.5) is 5.69 Å². The first-order valence-corrected chi connectivity index (χ1v) is 11.2. The number of hydrogen-bond acceptors (Lipinski definition) is 5. The number of amides is 1. The van der Waals surface area contributed by atoms with Crippen LogP contribution in [0.2, 0.25) is 5.02 Å². The van der Waals surface area contributed by atoms with E-state index in [1.807, 2.05) is 31.2 Å². The molecule has 0 radical (unpaired) electrons. The fraction of sp³-hybridized carbons (Fsp3) is 0.185. The average molecular weight is 476 g/mol. The van der Waals surface area contributed by atoms with Crippen molar-refractivity contribution in [2.75, 3.05) is 11.7 Å². The highest BCUT2D eigenvalue weighted by molar-refractivity contribution is 6.31. The van der Waals surface area contributed by atoms with Crippen LogP contribution < -0.4 is 14.4 Å². The summed E-state index contributed by atoms with van der Waals surface area (Å²) in [5, 5.41) is 11.9. The number of halogens is 1. The number of nitrogens with zero attached hydrogens (tertiary/aromatic N) is 1. The molecule has 0 aromatic heterocycles. The van der Waals surface area contributed by atoms with E-state index in [9.17, 15) is 14.7 Å². The summed E-state index contributed by atoms with van der Waals surface area (Å²) in [6, 6.07) is 18.0. The molecule has 6 nitrogen and oxygen atoms in total. The monoisotopic (exact) mass is 475 g/mol. The van der Waals surface area contributed by atoms with Gasteiger partial charge >= 0.3 is 0 Å². The van der Waals surface area contributed by atoms with Gasteiger partial charge in [-0.15, -0.1) is 0 Å². The molecule has 5 rings (SSSR count). The Bertz CT molecular complexity index is 1330. The molecule has 1 amide bonds. The summed E-state index contributed by atoms with van der Waals surface area (Å²) < 4.78 is 10.7. The lowest BCUT2D eigenvalue weighted by atomic mass is 9.89. The molecule has 0 spiro atoms. The van der Waals surface area contributed by atoms with E-state index >= 15 is 0 Å². The summed E-state index contributed by atoms with van der Waals surface area (Å²) in [5.74, 6) is 0.321. The molecule has 172 valence electrons. The van der Waals surface area contributed by atoms with E-state index in [1.54, 1.807) is 42.5 Å². The maximum absolute atomic E-state index is 13.5. The van der Waals surface area contributed by atoms with Crippen LogP contribution >= 0.6 is 11.6 Å². The van der Waals surface area contributed by atoms with E-state index in [0.29, 0.717) is 27.8 Å². The molecule has 0 saturated carbocycles. The van der Waals surface area contributed by atoms with Gasteiger partial charge in [0, 0.05) is 10.6 Å². The standard InChI is InChI=1S/C27H22ClNO5/c1-17-4-2-3-5-19(17)15-29-23-10-8-20(28)13-22(23)27(32,26(29)31)14-21(30)9-6-18-7-11-24-25(12-18)34-16-33-24/h2-13,32H,14-16H2,1H3/b9-6+/t27-/m1/s1. The molecule has 0 unspecified atom stereocenters. The number of ether oxygens (including phenoxy) is 2. The third-order valence-electron chi connectivity index (χ3n) is 6.17. The molecule has 1 atom stereocenters. The smallest absolute Gasteiger partial charge is 0.264 e. The third kappa shape index (κ3) is 3.95. The summed E-state index contributed by atoms with van der Waals surface area (Å²) in [4.78, 5) is 27.9. The number of benzene rings is 3. The molecular weight excluding hydrogens is 454 g/mol. The van der Waals surface area contributed by atoms with E-state index in [2.05, 4.69) is 0 Å². The minimum absolute atomic E-state index is 0.164. The lowest BCUT2D eigenvalue weighted by molar-refractivity contribution is -0.140. The van der Waals surface area contributed by atoms with Crippen LogP contribution in [-0.2, 0) is 21.7 Å². The molecule has 2 aliphatic rings. The van der Waals surface area contributed by atoms with Gasteiger partial charge < -0.3 is 19.5 Å². The molecule has 0 fully saturated rings. The van der Waals surface area contributed by atoms with Crippen molar-refractivity contribution < 1.29 is 24.2 Å². The van der Waals surface area contributed by atoms with Gasteiger partial charge in [0.15, 0.2) is 22.9 Å². The zero-order valence-electron chi connectivity index (χ0n) is 18.5. The van der Waals surface area contributed by atoms with Crippen LogP contribution in [-0.4, -0.2) is 23.6 Å². The highest BCUT2D eigenvalue weighted by Crippen LogP contribution is 2.44. The van der Waals surface area contributed by atoms with Crippen LogP contribution in [0.25, 0.3) is 6.08 Å².